The van der Waals surface area contributed by atoms with E-state index in [9.17, 15) is 5.11 Å². The molecule has 1 aliphatic rings. The molecule has 0 radical (unpaired) electrons. The van der Waals surface area contributed by atoms with Crippen molar-refractivity contribution in [1.29, 1.82) is 0 Å². The van der Waals surface area contributed by atoms with Gasteiger partial charge in [-0.1, -0.05) is 24.6 Å². The number of hydrogen-bond donors (Lipinski definition) is 3. The number of rotatable bonds is 5. The second-order valence-electron chi connectivity index (χ2n) is 6.53. The second kappa shape index (κ2) is 7.71. The fourth-order valence-electron chi connectivity index (χ4n) is 3.25. The number of aliphatic imine (C=N–C) groups is 1. The van der Waals surface area contributed by atoms with Crippen molar-refractivity contribution in [3.8, 4) is 0 Å². The van der Waals surface area contributed by atoms with Gasteiger partial charge in [-0.3, -0.25) is 4.99 Å². The van der Waals surface area contributed by atoms with Crippen molar-refractivity contribution in [3.05, 3.63) is 36.1 Å². The molecule has 3 atom stereocenters. The van der Waals surface area contributed by atoms with Crippen molar-refractivity contribution >= 4 is 16.9 Å². The Morgan fingerprint density at radius 2 is 2.21 bits per heavy atom. The lowest BCUT2D eigenvalue weighted by Gasteiger charge is -2.18. The molecule has 1 aliphatic carbocycles. The average molecular weight is 329 g/mol. The Morgan fingerprint density at radius 3 is 2.92 bits per heavy atom. The summed E-state index contributed by atoms with van der Waals surface area (Å²) in [5, 5.41) is 17.7. The Hall–Kier alpha value is -2.01. The van der Waals surface area contributed by atoms with Gasteiger partial charge in [0, 0.05) is 24.4 Å². The van der Waals surface area contributed by atoms with Gasteiger partial charge in [-0.05, 0) is 38.8 Å². The maximum atomic E-state index is 9.95. The molecule has 5 heteroatoms. The highest BCUT2D eigenvalue weighted by molar-refractivity contribution is 5.81. The summed E-state index contributed by atoms with van der Waals surface area (Å²) in [6, 6.07) is 10.1. The number of nitrogens with one attached hydrogen (secondary N) is 2. The first kappa shape index (κ1) is 16.8. The predicted molar refractivity (Wildman–Crippen MR) is 97.1 cm³/mol. The molecule has 5 nitrogen and oxygen atoms in total. The summed E-state index contributed by atoms with van der Waals surface area (Å²) in [5.74, 6) is 1.94. The maximum Gasteiger partial charge on any atom is 0.191 e. The monoisotopic (exact) mass is 329 g/mol. The Kier molecular flexibility index (Phi) is 5.41. The van der Waals surface area contributed by atoms with Crippen LogP contribution in [0.4, 0.5) is 0 Å². The molecule has 1 aromatic carbocycles. The molecular weight excluding hydrogens is 302 g/mol. The number of aliphatic hydroxyl groups excluding tert-OH is 1. The minimum absolute atomic E-state index is 0.0173. The molecule has 3 unspecified atom stereocenters. The number of nitrogens with zero attached hydrogens (tertiary/aromatic N) is 1. The predicted octanol–water partition coefficient (Wildman–Crippen LogP) is 3.21. The zero-order chi connectivity index (χ0) is 16.9. The van der Waals surface area contributed by atoms with Crippen LogP contribution in [0.25, 0.3) is 11.0 Å². The van der Waals surface area contributed by atoms with Crippen LogP contribution in [0.5, 0.6) is 0 Å². The van der Waals surface area contributed by atoms with Gasteiger partial charge in [0.25, 0.3) is 0 Å². The Labute approximate surface area is 143 Å². The third kappa shape index (κ3) is 3.90. The highest BCUT2D eigenvalue weighted by atomic mass is 16.3. The van der Waals surface area contributed by atoms with Gasteiger partial charge in [-0.2, -0.15) is 0 Å². The molecular formula is C19H27N3O2. The van der Waals surface area contributed by atoms with E-state index in [0.29, 0.717) is 6.54 Å². The van der Waals surface area contributed by atoms with Gasteiger partial charge in [0.05, 0.1) is 12.1 Å². The van der Waals surface area contributed by atoms with Crippen molar-refractivity contribution in [2.45, 2.75) is 45.3 Å². The van der Waals surface area contributed by atoms with Crippen molar-refractivity contribution < 1.29 is 9.52 Å². The van der Waals surface area contributed by atoms with E-state index in [1.54, 1.807) is 0 Å². The summed E-state index contributed by atoms with van der Waals surface area (Å²) in [7, 11) is 0. The van der Waals surface area contributed by atoms with Crippen LogP contribution in [0, 0.1) is 5.92 Å². The fourth-order valence-corrected chi connectivity index (χ4v) is 3.25. The van der Waals surface area contributed by atoms with Crippen LogP contribution in [-0.4, -0.2) is 30.3 Å². The van der Waals surface area contributed by atoms with Crippen molar-refractivity contribution in [2.24, 2.45) is 10.9 Å². The van der Waals surface area contributed by atoms with Crippen LogP contribution < -0.4 is 10.6 Å². The van der Waals surface area contributed by atoms with E-state index >= 15 is 0 Å². The molecule has 1 fully saturated rings. The number of fused-ring (bicyclic) bond motifs is 1. The normalized spacial score (nSPS) is 22.7. The van der Waals surface area contributed by atoms with E-state index < -0.39 is 0 Å². The van der Waals surface area contributed by atoms with Gasteiger partial charge in [-0.25, -0.2) is 0 Å². The maximum absolute atomic E-state index is 9.95. The van der Waals surface area contributed by atoms with Crippen LogP contribution in [0.2, 0.25) is 0 Å². The summed E-state index contributed by atoms with van der Waals surface area (Å²) >= 11 is 0. The summed E-state index contributed by atoms with van der Waals surface area (Å²) < 4.78 is 5.92. The van der Waals surface area contributed by atoms with Crippen molar-refractivity contribution in [2.75, 3.05) is 13.1 Å². The number of hydrogen-bond acceptors (Lipinski definition) is 3. The van der Waals surface area contributed by atoms with E-state index in [0.717, 1.165) is 48.5 Å². The summed E-state index contributed by atoms with van der Waals surface area (Å²) in [6.07, 6.45) is 2.85. The third-order valence-electron chi connectivity index (χ3n) is 4.67. The first-order valence-corrected chi connectivity index (χ1v) is 8.88. The molecule has 0 saturated heterocycles. The summed E-state index contributed by atoms with van der Waals surface area (Å²) in [6.45, 7) is 5.57. The first-order chi connectivity index (χ1) is 11.7. The molecule has 2 aromatic rings. The first-order valence-electron chi connectivity index (χ1n) is 8.88. The van der Waals surface area contributed by atoms with Crippen LogP contribution in [0.1, 0.15) is 44.9 Å². The van der Waals surface area contributed by atoms with E-state index in [2.05, 4.69) is 34.7 Å². The Bertz CT molecular complexity index is 662. The van der Waals surface area contributed by atoms with Crippen LogP contribution >= 0.6 is 0 Å². The zero-order valence-electron chi connectivity index (χ0n) is 14.5. The minimum Gasteiger partial charge on any atom is -0.459 e. The largest absolute Gasteiger partial charge is 0.459 e. The molecule has 3 N–H and O–H groups in total. The molecule has 0 bridgehead atoms. The highest BCUT2D eigenvalue weighted by Gasteiger charge is 2.25. The van der Waals surface area contributed by atoms with Gasteiger partial charge in [0.15, 0.2) is 5.96 Å². The van der Waals surface area contributed by atoms with E-state index in [-0.39, 0.29) is 18.1 Å². The molecule has 3 rings (SSSR count). The number of guanidine groups is 1. The standard InChI is InChI=1S/C19H27N3O2/c1-3-20-19(21-12-15-8-6-9-16(15)23)22-13(2)18-11-14-7-4-5-10-17(14)24-18/h4-5,7,10-11,13,15-16,23H,3,6,8-9,12H2,1-2H3,(H2,20,21,22). The number of para-hydroxylation sites is 1. The molecule has 1 aromatic heterocycles. The molecule has 130 valence electrons. The summed E-state index contributed by atoms with van der Waals surface area (Å²) in [5.41, 5.74) is 0.900. The minimum atomic E-state index is -0.204. The lowest BCUT2D eigenvalue weighted by Crippen LogP contribution is -2.39. The van der Waals surface area contributed by atoms with Crippen LogP contribution in [-0.2, 0) is 0 Å². The number of furan rings is 1. The lowest BCUT2D eigenvalue weighted by atomic mass is 10.1. The lowest BCUT2D eigenvalue weighted by molar-refractivity contribution is 0.136. The number of benzene rings is 1. The van der Waals surface area contributed by atoms with Gasteiger partial charge >= 0.3 is 0 Å². The quantitative estimate of drug-likeness (QED) is 0.582. The Morgan fingerprint density at radius 1 is 1.38 bits per heavy atom. The van der Waals surface area contributed by atoms with Gasteiger partial charge in [0.2, 0.25) is 0 Å². The average Bonchev–Trinajstić information content (AvgIpc) is 3.18. The molecule has 24 heavy (non-hydrogen) atoms. The molecule has 0 amide bonds. The Balaban J connectivity index is 1.67. The fraction of sp³-hybridized carbons (Fsp3) is 0.526. The van der Waals surface area contributed by atoms with E-state index in [1.165, 1.54) is 0 Å². The van der Waals surface area contributed by atoms with E-state index in [1.807, 2.05) is 25.1 Å². The SMILES string of the molecule is CCNC(=NCC1CCCC1O)NC(C)c1cc2ccccc2o1. The summed E-state index contributed by atoms with van der Waals surface area (Å²) in [4.78, 5) is 4.66. The zero-order valence-corrected chi connectivity index (χ0v) is 14.5. The van der Waals surface area contributed by atoms with Crippen molar-refractivity contribution in [3.63, 3.8) is 0 Å². The van der Waals surface area contributed by atoms with Gasteiger partial charge in [0.1, 0.15) is 11.3 Å². The van der Waals surface area contributed by atoms with E-state index in [4.69, 9.17) is 4.42 Å². The topological polar surface area (TPSA) is 69.8 Å². The van der Waals surface area contributed by atoms with Crippen LogP contribution in [0.3, 0.4) is 0 Å². The van der Waals surface area contributed by atoms with Crippen molar-refractivity contribution in [1.82, 2.24) is 10.6 Å². The molecule has 0 aliphatic heterocycles. The third-order valence-corrected chi connectivity index (χ3v) is 4.67. The molecule has 1 saturated carbocycles. The molecule has 0 spiro atoms. The van der Waals surface area contributed by atoms with Crippen LogP contribution in [0.15, 0.2) is 39.7 Å². The smallest absolute Gasteiger partial charge is 0.191 e. The molecule has 1 heterocycles. The van der Waals surface area contributed by atoms with Gasteiger partial charge < -0.3 is 20.2 Å². The van der Waals surface area contributed by atoms with Gasteiger partial charge in [-0.15, -0.1) is 0 Å². The highest BCUT2D eigenvalue weighted by Crippen LogP contribution is 2.26. The second-order valence-corrected chi connectivity index (χ2v) is 6.53. The number of aliphatic hydroxyl groups is 1.